The molecule has 1 N–H and O–H groups in total. The van der Waals surface area contributed by atoms with Gasteiger partial charge in [0.25, 0.3) is 0 Å². The Balaban J connectivity index is 2.72. The lowest BCUT2D eigenvalue weighted by atomic mass is 10.0. The molecule has 0 spiro atoms. The van der Waals surface area contributed by atoms with Gasteiger partial charge in [0.15, 0.2) is 0 Å². The fourth-order valence-electron chi connectivity index (χ4n) is 2.54. The third-order valence-corrected chi connectivity index (χ3v) is 3.53. The Morgan fingerprint density at radius 3 is 2.41 bits per heavy atom. The molecule has 0 heterocycles. The first-order valence-electron chi connectivity index (χ1n) is 7.20. The van der Waals surface area contributed by atoms with Gasteiger partial charge in [0.2, 0.25) is 0 Å². The van der Waals surface area contributed by atoms with Crippen LogP contribution in [0.2, 0.25) is 0 Å². The summed E-state index contributed by atoms with van der Waals surface area (Å²) < 4.78 is 11.0. The second-order valence-electron chi connectivity index (χ2n) is 4.97. The van der Waals surface area contributed by atoms with E-state index in [0.29, 0.717) is 29.1 Å². The lowest BCUT2D eigenvalue weighted by molar-refractivity contribution is -0.132. The minimum Gasteiger partial charge on any atom is -0.496 e. The van der Waals surface area contributed by atoms with E-state index in [-0.39, 0.29) is 0 Å². The van der Waals surface area contributed by atoms with Crippen molar-refractivity contribution in [2.24, 2.45) is 0 Å². The van der Waals surface area contributed by atoms with Crippen molar-refractivity contribution in [2.45, 2.75) is 19.8 Å². The van der Waals surface area contributed by atoms with Gasteiger partial charge in [0.05, 0.1) is 14.2 Å². The molecule has 2 aromatic rings. The molecule has 2 aromatic carbocycles. The second kappa shape index (κ2) is 6.98. The summed E-state index contributed by atoms with van der Waals surface area (Å²) in [4.78, 5) is 11.4. The van der Waals surface area contributed by atoms with Crippen molar-refractivity contribution < 1.29 is 19.4 Å². The number of rotatable bonds is 6. The van der Waals surface area contributed by atoms with Crippen LogP contribution in [-0.2, 0) is 4.79 Å². The van der Waals surface area contributed by atoms with Crippen molar-refractivity contribution in [3.8, 4) is 11.5 Å². The van der Waals surface area contributed by atoms with E-state index in [9.17, 15) is 9.90 Å². The summed E-state index contributed by atoms with van der Waals surface area (Å²) >= 11 is 0. The molecule has 0 aliphatic rings. The molecule has 0 aliphatic carbocycles. The number of hydrogen-bond donors (Lipinski definition) is 1. The van der Waals surface area contributed by atoms with Gasteiger partial charge in [-0.2, -0.15) is 0 Å². The number of fused-ring (bicyclic) bond motifs is 1. The van der Waals surface area contributed by atoms with E-state index < -0.39 is 5.97 Å². The predicted octanol–water partition coefficient (Wildman–Crippen LogP) is 4.13. The first-order valence-corrected chi connectivity index (χ1v) is 7.20. The van der Waals surface area contributed by atoms with Crippen molar-refractivity contribution in [3.05, 3.63) is 41.5 Å². The zero-order valence-electron chi connectivity index (χ0n) is 13.1. The Hall–Kier alpha value is -2.49. The number of carbonyl (C=O) groups is 1. The van der Waals surface area contributed by atoms with E-state index in [1.54, 1.807) is 20.3 Å². The van der Waals surface area contributed by atoms with E-state index in [0.717, 1.165) is 17.2 Å². The average Bonchev–Trinajstić information content (AvgIpc) is 2.53. The quantitative estimate of drug-likeness (QED) is 0.815. The summed E-state index contributed by atoms with van der Waals surface area (Å²) in [6.07, 6.45) is 2.94. The molecule has 4 heteroatoms. The van der Waals surface area contributed by atoms with Crippen molar-refractivity contribution in [1.82, 2.24) is 0 Å². The summed E-state index contributed by atoms with van der Waals surface area (Å²) in [6.45, 7) is 1.95. The Morgan fingerprint density at radius 1 is 1.18 bits per heavy atom. The first kappa shape index (κ1) is 15.9. The maximum absolute atomic E-state index is 11.4. The van der Waals surface area contributed by atoms with Gasteiger partial charge < -0.3 is 14.6 Å². The van der Waals surface area contributed by atoms with Crippen LogP contribution < -0.4 is 9.47 Å². The van der Waals surface area contributed by atoms with Crippen molar-refractivity contribution in [1.29, 1.82) is 0 Å². The molecule has 0 fully saturated rings. The van der Waals surface area contributed by atoms with Crippen molar-refractivity contribution >= 4 is 22.8 Å². The number of carboxylic acids is 1. The molecule has 0 bridgehead atoms. The number of hydrogen-bond acceptors (Lipinski definition) is 3. The second-order valence-corrected chi connectivity index (χ2v) is 4.97. The molecule has 0 saturated heterocycles. The van der Waals surface area contributed by atoms with Crippen LogP contribution >= 0.6 is 0 Å². The minimum atomic E-state index is -0.906. The van der Waals surface area contributed by atoms with E-state index in [2.05, 4.69) is 0 Å². The Labute approximate surface area is 130 Å². The van der Waals surface area contributed by atoms with Crippen molar-refractivity contribution in [3.63, 3.8) is 0 Å². The minimum absolute atomic E-state index is 0.359. The normalized spacial score (nSPS) is 11.5. The lowest BCUT2D eigenvalue weighted by Gasteiger charge is -2.13. The molecule has 116 valence electrons. The highest BCUT2D eigenvalue weighted by Gasteiger charge is 2.14. The Morgan fingerprint density at radius 2 is 1.86 bits per heavy atom. The van der Waals surface area contributed by atoms with Crippen LogP contribution in [0.4, 0.5) is 0 Å². The molecule has 0 amide bonds. The SMILES string of the molecule is CCCC(=Cc1cc(OC)c2ccccc2c1OC)C(=O)O. The van der Waals surface area contributed by atoms with Gasteiger partial charge >= 0.3 is 5.97 Å². The molecular weight excluding hydrogens is 280 g/mol. The lowest BCUT2D eigenvalue weighted by Crippen LogP contribution is -2.01. The fraction of sp³-hybridized carbons (Fsp3) is 0.278. The van der Waals surface area contributed by atoms with Gasteiger partial charge in [0, 0.05) is 21.9 Å². The number of ether oxygens (including phenoxy) is 2. The van der Waals surface area contributed by atoms with Gasteiger partial charge in [0.1, 0.15) is 11.5 Å². The summed E-state index contributed by atoms with van der Waals surface area (Å²) in [5.74, 6) is 0.450. The molecule has 22 heavy (non-hydrogen) atoms. The standard InChI is InChI=1S/C18H20O4/c1-4-7-12(18(19)20)10-13-11-16(21-2)14-8-5-6-9-15(14)17(13)22-3/h5-6,8-11H,4,7H2,1-3H3,(H,19,20). The van der Waals surface area contributed by atoms with Gasteiger partial charge in [-0.1, -0.05) is 37.6 Å². The molecule has 2 rings (SSSR count). The van der Waals surface area contributed by atoms with Crippen LogP contribution in [0.25, 0.3) is 16.8 Å². The molecule has 0 radical (unpaired) electrons. The van der Waals surface area contributed by atoms with Crippen LogP contribution in [0.15, 0.2) is 35.9 Å². The maximum Gasteiger partial charge on any atom is 0.331 e. The topological polar surface area (TPSA) is 55.8 Å². The molecule has 4 nitrogen and oxygen atoms in total. The fourth-order valence-corrected chi connectivity index (χ4v) is 2.54. The molecule has 0 unspecified atom stereocenters. The zero-order chi connectivity index (χ0) is 16.1. The van der Waals surface area contributed by atoms with Crippen LogP contribution in [0.5, 0.6) is 11.5 Å². The Bertz CT molecular complexity index is 716. The van der Waals surface area contributed by atoms with E-state index in [1.807, 2.05) is 37.3 Å². The van der Waals surface area contributed by atoms with Crippen LogP contribution in [0.1, 0.15) is 25.3 Å². The number of methoxy groups -OCH3 is 2. The molecular formula is C18H20O4. The smallest absolute Gasteiger partial charge is 0.331 e. The molecule has 0 aliphatic heterocycles. The number of aliphatic carboxylic acids is 1. The van der Waals surface area contributed by atoms with E-state index in [4.69, 9.17) is 9.47 Å². The Kier molecular flexibility index (Phi) is 5.04. The monoisotopic (exact) mass is 300 g/mol. The number of carboxylic acid groups (broad SMARTS) is 1. The summed E-state index contributed by atoms with van der Waals surface area (Å²) in [5.41, 5.74) is 1.07. The first-order chi connectivity index (χ1) is 10.6. The largest absolute Gasteiger partial charge is 0.496 e. The third kappa shape index (κ3) is 3.06. The highest BCUT2D eigenvalue weighted by atomic mass is 16.5. The zero-order valence-corrected chi connectivity index (χ0v) is 13.1. The van der Waals surface area contributed by atoms with Gasteiger partial charge in [-0.05, 0) is 18.6 Å². The predicted molar refractivity (Wildman–Crippen MR) is 87.6 cm³/mol. The number of benzene rings is 2. The average molecular weight is 300 g/mol. The maximum atomic E-state index is 11.4. The van der Waals surface area contributed by atoms with Gasteiger partial charge in [-0.15, -0.1) is 0 Å². The molecule has 0 atom stereocenters. The van der Waals surface area contributed by atoms with E-state index in [1.165, 1.54) is 0 Å². The van der Waals surface area contributed by atoms with Crippen LogP contribution in [-0.4, -0.2) is 25.3 Å². The van der Waals surface area contributed by atoms with Gasteiger partial charge in [-0.3, -0.25) is 0 Å². The van der Waals surface area contributed by atoms with Crippen molar-refractivity contribution in [2.75, 3.05) is 14.2 Å². The van der Waals surface area contributed by atoms with Gasteiger partial charge in [-0.25, -0.2) is 4.79 Å². The van der Waals surface area contributed by atoms with Crippen LogP contribution in [0.3, 0.4) is 0 Å². The summed E-state index contributed by atoms with van der Waals surface area (Å²) in [5, 5.41) is 11.2. The highest BCUT2D eigenvalue weighted by molar-refractivity contribution is 5.99. The molecule has 0 saturated carbocycles. The summed E-state index contributed by atoms with van der Waals surface area (Å²) in [6, 6.07) is 9.56. The highest BCUT2D eigenvalue weighted by Crippen LogP contribution is 2.37. The molecule has 0 aromatic heterocycles. The van der Waals surface area contributed by atoms with E-state index >= 15 is 0 Å². The summed E-state index contributed by atoms with van der Waals surface area (Å²) in [7, 11) is 3.19. The van der Waals surface area contributed by atoms with Crippen LogP contribution in [0, 0.1) is 0 Å². The third-order valence-electron chi connectivity index (χ3n) is 3.53.